The first-order valence-corrected chi connectivity index (χ1v) is 9.59. The Morgan fingerprint density at radius 1 is 1.08 bits per heavy atom. The van der Waals surface area contributed by atoms with Crippen LogP contribution >= 0.6 is 0 Å². The second-order valence-electron chi connectivity index (χ2n) is 7.50. The molecular formula is C21H24N4O. The Morgan fingerprint density at radius 3 is 2.73 bits per heavy atom. The van der Waals surface area contributed by atoms with Crippen LogP contribution in [0, 0.1) is 6.92 Å². The molecular weight excluding hydrogens is 324 g/mol. The number of aromatic amines is 1. The number of fused-ring (bicyclic) bond motifs is 1. The number of benzene rings is 1. The van der Waals surface area contributed by atoms with Gasteiger partial charge < -0.3 is 14.6 Å². The lowest BCUT2D eigenvalue weighted by Gasteiger charge is -2.33. The Kier molecular flexibility index (Phi) is 3.80. The molecule has 0 atom stereocenters. The topological polar surface area (TPSA) is 54.0 Å². The van der Waals surface area contributed by atoms with Gasteiger partial charge in [0.15, 0.2) is 0 Å². The third-order valence-electron chi connectivity index (χ3n) is 5.42. The highest BCUT2D eigenvalue weighted by Gasteiger charge is 2.28. The van der Waals surface area contributed by atoms with Crippen molar-refractivity contribution in [3.63, 3.8) is 0 Å². The van der Waals surface area contributed by atoms with Crippen molar-refractivity contribution in [1.29, 1.82) is 0 Å². The monoisotopic (exact) mass is 348 g/mol. The van der Waals surface area contributed by atoms with Gasteiger partial charge in [-0.3, -0.25) is 0 Å². The Hall–Kier alpha value is -2.56. The smallest absolute Gasteiger partial charge is 0.134 e. The number of hydrogen-bond donors (Lipinski definition) is 1. The molecule has 2 aromatic heterocycles. The van der Waals surface area contributed by atoms with Crippen LogP contribution in [0.2, 0.25) is 0 Å². The van der Waals surface area contributed by atoms with Crippen molar-refractivity contribution in [2.24, 2.45) is 0 Å². The van der Waals surface area contributed by atoms with Crippen molar-refractivity contribution in [2.45, 2.75) is 44.6 Å². The fraction of sp³-hybridized carbons (Fsp3) is 0.429. The molecule has 2 aliphatic rings. The van der Waals surface area contributed by atoms with Crippen LogP contribution in [0.15, 0.2) is 36.5 Å². The van der Waals surface area contributed by atoms with Crippen LogP contribution in [0.4, 0.5) is 5.82 Å². The molecule has 1 saturated heterocycles. The van der Waals surface area contributed by atoms with Gasteiger partial charge in [0, 0.05) is 60.7 Å². The number of hydrogen-bond acceptors (Lipinski definition) is 4. The van der Waals surface area contributed by atoms with E-state index in [2.05, 4.69) is 46.1 Å². The van der Waals surface area contributed by atoms with Crippen molar-refractivity contribution in [3.8, 4) is 5.75 Å². The number of nitrogens with one attached hydrogen (secondary N) is 1. The average Bonchev–Trinajstić information content (AvgIpc) is 3.39. The molecule has 5 nitrogen and oxygen atoms in total. The van der Waals surface area contributed by atoms with Crippen LogP contribution in [0.3, 0.4) is 0 Å². The summed E-state index contributed by atoms with van der Waals surface area (Å²) >= 11 is 0. The molecule has 1 aliphatic heterocycles. The zero-order valence-electron chi connectivity index (χ0n) is 15.1. The second-order valence-corrected chi connectivity index (χ2v) is 7.50. The van der Waals surface area contributed by atoms with E-state index in [1.807, 2.05) is 12.3 Å². The van der Waals surface area contributed by atoms with Crippen LogP contribution in [-0.4, -0.2) is 34.1 Å². The van der Waals surface area contributed by atoms with Crippen molar-refractivity contribution < 1.29 is 4.74 Å². The molecule has 0 unspecified atom stereocenters. The molecule has 1 saturated carbocycles. The predicted molar refractivity (Wildman–Crippen MR) is 103 cm³/mol. The van der Waals surface area contributed by atoms with E-state index in [1.54, 1.807) is 0 Å². The highest BCUT2D eigenvalue weighted by atomic mass is 16.5. The van der Waals surface area contributed by atoms with Crippen LogP contribution in [0.5, 0.6) is 5.75 Å². The molecule has 134 valence electrons. The Balaban J connectivity index is 1.27. The van der Waals surface area contributed by atoms with E-state index in [1.165, 1.54) is 12.8 Å². The lowest BCUT2D eigenvalue weighted by molar-refractivity contribution is 0.173. The molecule has 3 aromatic rings. The predicted octanol–water partition coefficient (Wildman–Crippen LogP) is 4.19. The van der Waals surface area contributed by atoms with Crippen LogP contribution < -0.4 is 9.64 Å². The van der Waals surface area contributed by atoms with Gasteiger partial charge in [-0.15, -0.1) is 0 Å². The van der Waals surface area contributed by atoms with E-state index >= 15 is 0 Å². The zero-order valence-corrected chi connectivity index (χ0v) is 15.1. The number of ether oxygens (including phenoxy) is 1. The summed E-state index contributed by atoms with van der Waals surface area (Å²) in [6.07, 6.45) is 6.74. The van der Waals surface area contributed by atoms with E-state index in [4.69, 9.17) is 9.72 Å². The minimum atomic E-state index is 0.262. The maximum atomic E-state index is 6.33. The molecule has 0 bridgehead atoms. The van der Waals surface area contributed by atoms with E-state index in [-0.39, 0.29) is 6.10 Å². The number of H-pyrrole nitrogens is 1. The highest BCUT2D eigenvalue weighted by Crippen LogP contribution is 2.38. The summed E-state index contributed by atoms with van der Waals surface area (Å²) in [6, 6.07) is 10.4. The SMILES string of the molecule is Cc1cc(N2CCC(Oc3cccc4[nH]ccc34)CC2)nc(C2CC2)n1. The largest absolute Gasteiger partial charge is 0.490 e. The van der Waals surface area contributed by atoms with Crippen molar-refractivity contribution in [2.75, 3.05) is 18.0 Å². The van der Waals surface area contributed by atoms with E-state index in [9.17, 15) is 0 Å². The lowest BCUT2D eigenvalue weighted by atomic mass is 10.1. The van der Waals surface area contributed by atoms with Gasteiger partial charge in [-0.1, -0.05) is 6.07 Å². The Labute approximate surface area is 153 Å². The number of piperidine rings is 1. The first-order valence-electron chi connectivity index (χ1n) is 9.59. The molecule has 1 aliphatic carbocycles. The van der Waals surface area contributed by atoms with Crippen molar-refractivity contribution in [1.82, 2.24) is 15.0 Å². The number of nitrogens with zero attached hydrogens (tertiary/aromatic N) is 3. The highest BCUT2D eigenvalue weighted by molar-refractivity contribution is 5.85. The van der Waals surface area contributed by atoms with Gasteiger partial charge in [-0.25, -0.2) is 9.97 Å². The van der Waals surface area contributed by atoms with Gasteiger partial charge in [-0.2, -0.15) is 0 Å². The standard InChI is InChI=1S/C21H24N4O/c1-14-13-20(24-21(23-14)15-5-6-15)25-11-8-16(9-12-25)26-19-4-2-3-18-17(19)7-10-22-18/h2-4,7,10,13,15-16,22H,5-6,8-9,11-12H2,1H3. The summed E-state index contributed by atoms with van der Waals surface area (Å²) in [7, 11) is 0. The summed E-state index contributed by atoms with van der Waals surface area (Å²) in [5.41, 5.74) is 2.21. The van der Waals surface area contributed by atoms with Crippen molar-refractivity contribution >= 4 is 16.7 Å². The minimum Gasteiger partial charge on any atom is -0.490 e. The van der Waals surface area contributed by atoms with Crippen molar-refractivity contribution in [3.05, 3.63) is 48.0 Å². The molecule has 5 heteroatoms. The van der Waals surface area contributed by atoms with E-state index in [0.29, 0.717) is 5.92 Å². The molecule has 26 heavy (non-hydrogen) atoms. The number of rotatable bonds is 4. The van der Waals surface area contributed by atoms with Gasteiger partial charge in [0.05, 0.1) is 0 Å². The quantitative estimate of drug-likeness (QED) is 0.768. The van der Waals surface area contributed by atoms with Gasteiger partial charge in [0.2, 0.25) is 0 Å². The molecule has 1 N–H and O–H groups in total. The summed E-state index contributed by atoms with van der Waals surface area (Å²) in [4.78, 5) is 15.1. The Bertz CT molecular complexity index is 923. The molecule has 0 radical (unpaired) electrons. The molecule has 1 aromatic carbocycles. The van der Waals surface area contributed by atoms with Crippen LogP contribution in [0.1, 0.15) is 43.1 Å². The number of aromatic nitrogens is 3. The fourth-order valence-corrected chi connectivity index (χ4v) is 3.80. The average molecular weight is 348 g/mol. The normalized spacial score (nSPS) is 18.4. The third-order valence-corrected chi connectivity index (χ3v) is 5.42. The lowest BCUT2D eigenvalue weighted by Crippen LogP contribution is -2.38. The van der Waals surface area contributed by atoms with Gasteiger partial charge in [0.1, 0.15) is 23.5 Å². The van der Waals surface area contributed by atoms with Gasteiger partial charge in [-0.05, 0) is 38.0 Å². The van der Waals surface area contributed by atoms with Gasteiger partial charge in [0.25, 0.3) is 0 Å². The number of anilines is 1. The molecule has 0 amide bonds. The summed E-state index contributed by atoms with van der Waals surface area (Å²) in [6.45, 7) is 4.03. The van der Waals surface area contributed by atoms with Crippen LogP contribution in [0.25, 0.3) is 10.9 Å². The molecule has 0 spiro atoms. The maximum Gasteiger partial charge on any atom is 0.134 e. The fourth-order valence-electron chi connectivity index (χ4n) is 3.80. The zero-order chi connectivity index (χ0) is 17.5. The maximum absolute atomic E-state index is 6.33. The molecule has 5 rings (SSSR count). The number of aryl methyl sites for hydroxylation is 1. The first-order chi connectivity index (χ1) is 12.8. The minimum absolute atomic E-state index is 0.262. The van der Waals surface area contributed by atoms with Crippen LogP contribution in [-0.2, 0) is 0 Å². The van der Waals surface area contributed by atoms with Gasteiger partial charge >= 0.3 is 0 Å². The third kappa shape index (κ3) is 3.02. The Morgan fingerprint density at radius 2 is 1.92 bits per heavy atom. The molecule has 3 heterocycles. The summed E-state index contributed by atoms with van der Waals surface area (Å²) < 4.78 is 6.33. The summed E-state index contributed by atoms with van der Waals surface area (Å²) in [5, 5.41) is 1.16. The second kappa shape index (κ2) is 6.31. The molecule has 2 fully saturated rings. The van der Waals surface area contributed by atoms with E-state index in [0.717, 1.165) is 59.9 Å². The summed E-state index contributed by atoms with van der Waals surface area (Å²) in [5.74, 6) is 3.70. The first kappa shape index (κ1) is 15.7. The van der Waals surface area contributed by atoms with E-state index < -0.39 is 0 Å².